The smallest absolute Gasteiger partial charge is 0.396 e. The molecule has 1 atom stereocenters. The number of alkyl halides is 6. The van der Waals surface area contributed by atoms with E-state index in [0.29, 0.717) is 37.8 Å². The van der Waals surface area contributed by atoms with Gasteiger partial charge in [-0.15, -0.1) is 0 Å². The van der Waals surface area contributed by atoms with Gasteiger partial charge >= 0.3 is 12.4 Å². The van der Waals surface area contributed by atoms with Crippen LogP contribution in [0.4, 0.5) is 35.1 Å². The van der Waals surface area contributed by atoms with Crippen molar-refractivity contribution in [3.63, 3.8) is 0 Å². The summed E-state index contributed by atoms with van der Waals surface area (Å²) in [6, 6.07) is 4.70. The molecule has 2 fully saturated rings. The van der Waals surface area contributed by atoms with Crippen molar-refractivity contribution in [3.05, 3.63) is 65.2 Å². The molecule has 0 aromatic heterocycles. The maximum Gasteiger partial charge on any atom is 0.430 e. The van der Waals surface area contributed by atoms with E-state index in [9.17, 15) is 49.1 Å². The fraction of sp³-hybridized carbons (Fsp3) is 0.536. The molecule has 238 valence electrons. The zero-order valence-electron chi connectivity index (χ0n) is 22.8. The summed E-state index contributed by atoms with van der Waals surface area (Å²) in [5.74, 6) is -3.67. The number of amides is 1. The van der Waals surface area contributed by atoms with Crippen molar-refractivity contribution < 1.29 is 58.2 Å². The summed E-state index contributed by atoms with van der Waals surface area (Å²) in [6.45, 7) is -0.772. The fourth-order valence-electron chi connectivity index (χ4n) is 6.16. The molecule has 2 aromatic carbocycles. The van der Waals surface area contributed by atoms with E-state index in [4.69, 9.17) is 0 Å². The van der Waals surface area contributed by atoms with Crippen molar-refractivity contribution in [2.24, 2.45) is 11.8 Å². The van der Waals surface area contributed by atoms with Crippen LogP contribution in [0.1, 0.15) is 43.2 Å². The first kappa shape index (κ1) is 33.1. The maximum atomic E-state index is 15.5. The van der Waals surface area contributed by atoms with E-state index in [0.717, 1.165) is 24.3 Å². The monoisotopic (exact) mass is 643 g/mol. The first-order chi connectivity index (χ1) is 19.9. The summed E-state index contributed by atoms with van der Waals surface area (Å²) in [5, 5.41) is 9.39. The van der Waals surface area contributed by atoms with Gasteiger partial charge in [-0.3, -0.25) is 4.79 Å². The average Bonchev–Trinajstić information content (AvgIpc) is 3.40. The van der Waals surface area contributed by atoms with Crippen LogP contribution in [0, 0.1) is 23.5 Å². The summed E-state index contributed by atoms with van der Waals surface area (Å²) in [6.07, 6.45) is -10.7. The van der Waals surface area contributed by atoms with Crippen LogP contribution in [0.5, 0.6) is 0 Å². The van der Waals surface area contributed by atoms with Gasteiger partial charge in [-0.2, -0.15) is 26.3 Å². The molecule has 1 amide bonds. The van der Waals surface area contributed by atoms with Gasteiger partial charge in [0.2, 0.25) is 5.91 Å². The lowest BCUT2D eigenvalue weighted by molar-refractivity contribution is -0.384. The van der Waals surface area contributed by atoms with Crippen molar-refractivity contribution in [2.75, 3.05) is 26.8 Å². The molecular weight excluding hydrogens is 614 g/mol. The van der Waals surface area contributed by atoms with Gasteiger partial charge < -0.3 is 14.7 Å². The molecule has 1 heterocycles. The number of aliphatic hydroxyl groups excluding tert-OH is 1. The van der Waals surface area contributed by atoms with E-state index < -0.39 is 78.6 Å². The number of hydrogen-bond donors (Lipinski definition) is 1. The van der Waals surface area contributed by atoms with Crippen LogP contribution in [0.2, 0.25) is 0 Å². The number of hydrogen-bond acceptors (Lipinski definition) is 5. The van der Waals surface area contributed by atoms with Gasteiger partial charge in [0.1, 0.15) is 16.4 Å². The molecule has 4 rings (SSSR count). The largest absolute Gasteiger partial charge is 0.430 e. The predicted molar refractivity (Wildman–Crippen MR) is 136 cm³/mol. The van der Waals surface area contributed by atoms with E-state index in [-0.39, 0.29) is 38.7 Å². The molecule has 1 aliphatic carbocycles. The summed E-state index contributed by atoms with van der Waals surface area (Å²) in [4.78, 5) is 14.2. The normalized spacial score (nSPS) is 23.9. The van der Waals surface area contributed by atoms with Gasteiger partial charge in [-0.25, -0.2) is 17.2 Å². The number of aliphatic hydroxyl groups is 1. The Bertz CT molecular complexity index is 1420. The highest BCUT2D eigenvalue weighted by molar-refractivity contribution is 7.92. The molecule has 0 spiro atoms. The first-order valence-electron chi connectivity index (χ1n) is 13.3. The minimum Gasteiger partial charge on any atom is -0.396 e. The van der Waals surface area contributed by atoms with Gasteiger partial charge in [-0.1, -0.05) is 12.1 Å². The zero-order valence-corrected chi connectivity index (χ0v) is 23.6. The fourth-order valence-corrected chi connectivity index (χ4v) is 8.23. The second kappa shape index (κ2) is 11.6. The van der Waals surface area contributed by atoms with Crippen LogP contribution < -0.4 is 0 Å². The maximum absolute atomic E-state index is 15.5. The number of rotatable bonds is 7. The Hall–Kier alpha value is -2.78. The zero-order chi connectivity index (χ0) is 32.0. The quantitative estimate of drug-likeness (QED) is 0.313. The molecular formula is C28H29F8NO5S. The minimum absolute atomic E-state index is 0.0229. The second-order valence-corrected chi connectivity index (χ2v) is 13.2. The van der Waals surface area contributed by atoms with Crippen LogP contribution in [-0.4, -0.2) is 63.5 Å². The van der Waals surface area contributed by atoms with Gasteiger partial charge in [0.05, 0.1) is 4.90 Å². The molecule has 2 aromatic rings. The number of halogens is 8. The van der Waals surface area contributed by atoms with Crippen LogP contribution in [0.25, 0.3) is 0 Å². The van der Waals surface area contributed by atoms with E-state index in [1.807, 2.05) is 0 Å². The lowest BCUT2D eigenvalue weighted by Gasteiger charge is -2.37. The van der Waals surface area contributed by atoms with Crippen molar-refractivity contribution in [3.8, 4) is 0 Å². The molecule has 0 unspecified atom stereocenters. The molecule has 1 aliphatic heterocycles. The van der Waals surface area contributed by atoms with E-state index in [1.165, 1.54) is 4.90 Å². The Labute approximate surface area is 242 Å². The van der Waals surface area contributed by atoms with Crippen LogP contribution in [0.15, 0.2) is 47.4 Å². The third-order valence-corrected chi connectivity index (χ3v) is 11.1. The van der Waals surface area contributed by atoms with Crippen LogP contribution >= 0.6 is 0 Å². The second-order valence-electron chi connectivity index (χ2n) is 10.9. The molecule has 6 nitrogen and oxygen atoms in total. The molecule has 1 N–H and O–H groups in total. The van der Waals surface area contributed by atoms with Crippen molar-refractivity contribution in [1.29, 1.82) is 0 Å². The highest BCUT2D eigenvalue weighted by atomic mass is 32.2. The summed E-state index contributed by atoms with van der Waals surface area (Å²) in [7, 11) is -4.52. The lowest BCUT2D eigenvalue weighted by Crippen LogP contribution is -2.56. The van der Waals surface area contributed by atoms with E-state index >= 15 is 4.39 Å². The van der Waals surface area contributed by atoms with Gasteiger partial charge in [-0.05, 0) is 73.9 Å². The van der Waals surface area contributed by atoms with Crippen LogP contribution in [-0.2, 0) is 29.7 Å². The number of carbonyl (C=O) groups excluding carboxylic acids is 1. The van der Waals surface area contributed by atoms with Crippen molar-refractivity contribution in [1.82, 2.24) is 4.90 Å². The Morgan fingerprint density at radius 1 is 0.977 bits per heavy atom. The van der Waals surface area contributed by atoms with Crippen molar-refractivity contribution >= 4 is 15.7 Å². The van der Waals surface area contributed by atoms with Crippen molar-refractivity contribution in [2.45, 2.75) is 59.7 Å². The Kier molecular flexibility index (Phi) is 8.95. The number of benzene rings is 2. The van der Waals surface area contributed by atoms with E-state index in [1.54, 1.807) is 0 Å². The number of ether oxygens (including phenoxy) is 1. The predicted octanol–water partition coefficient (Wildman–Crippen LogP) is 5.63. The Morgan fingerprint density at radius 2 is 1.56 bits per heavy atom. The number of methoxy groups -OCH3 is 1. The highest BCUT2D eigenvalue weighted by Gasteiger charge is 2.74. The standard InChI is InChI=1S/C28H29F8NO5S/c1-42-26(27(31,32)33,28(34,35)36)22-11-6-19(14-23(22)30)25(43(40,41)21-9-7-20(29)8-10-21)12-13-37(16-25)24(39)18-4-2-17(15-38)3-5-18/h6-11,14,17-18,38H,2-5,12-13,15-16H2,1H3/t17-,18-,25-/m0/s1. The first-order valence-corrected chi connectivity index (χ1v) is 14.8. The Balaban J connectivity index is 1.82. The molecule has 1 saturated carbocycles. The van der Waals surface area contributed by atoms with Crippen LogP contribution in [0.3, 0.4) is 0 Å². The summed E-state index contributed by atoms with van der Waals surface area (Å²) in [5.41, 5.74) is -7.44. The molecule has 1 saturated heterocycles. The Morgan fingerprint density at radius 3 is 2.05 bits per heavy atom. The van der Waals surface area contributed by atoms with Gasteiger partial charge in [0.15, 0.2) is 9.84 Å². The molecule has 2 aliphatic rings. The molecule has 0 radical (unpaired) electrons. The third-order valence-electron chi connectivity index (χ3n) is 8.62. The topological polar surface area (TPSA) is 83.9 Å². The van der Waals surface area contributed by atoms with Gasteiger partial charge in [0, 0.05) is 38.3 Å². The lowest BCUT2D eigenvalue weighted by atomic mass is 9.82. The highest BCUT2D eigenvalue weighted by Crippen LogP contribution is 2.54. The molecule has 0 bridgehead atoms. The third kappa shape index (κ3) is 5.52. The summed E-state index contributed by atoms with van der Waals surface area (Å²) < 4.78 is 142. The average molecular weight is 644 g/mol. The van der Waals surface area contributed by atoms with Gasteiger partial charge in [0.25, 0.3) is 5.60 Å². The number of likely N-dealkylation sites (tertiary alicyclic amines) is 1. The number of sulfone groups is 1. The molecule has 15 heteroatoms. The minimum atomic E-state index is -6.15. The summed E-state index contributed by atoms with van der Waals surface area (Å²) >= 11 is 0. The SMILES string of the molecule is COC(c1ccc([C@]2(S(=O)(=O)c3ccc(F)cc3)CCN(C(=O)[C@H]3CC[C@H](CO)CC3)C2)cc1F)(C(F)(F)F)C(F)(F)F. The molecule has 43 heavy (non-hydrogen) atoms. The number of carbonyl (C=O) groups is 1. The number of nitrogens with zero attached hydrogens (tertiary/aromatic N) is 1. The van der Waals surface area contributed by atoms with E-state index in [2.05, 4.69) is 4.74 Å².